The van der Waals surface area contributed by atoms with Crippen LogP contribution < -0.4 is 31.4 Å². The smallest absolute Gasteiger partial charge is 0.329 e. The van der Waals surface area contributed by atoms with Gasteiger partial charge in [0.25, 0.3) is 5.56 Å². The Bertz CT molecular complexity index is 1100. The minimum absolute atomic E-state index is 0.143. The van der Waals surface area contributed by atoms with Crippen LogP contribution in [0.25, 0.3) is 0 Å². The Kier molecular flexibility index (Phi) is 6.41. The quantitative estimate of drug-likeness (QED) is 0.604. The Morgan fingerprint density at radius 2 is 1.97 bits per heavy atom. The number of ether oxygens (including phenoxy) is 2. The first kappa shape index (κ1) is 21.0. The van der Waals surface area contributed by atoms with E-state index < -0.39 is 23.3 Å². The molecule has 1 aromatic carbocycles. The van der Waals surface area contributed by atoms with E-state index in [-0.39, 0.29) is 18.0 Å². The molecule has 3 N–H and O–H groups in total. The Morgan fingerprint density at radius 1 is 1.17 bits per heavy atom. The second-order valence-corrected chi connectivity index (χ2v) is 6.64. The summed E-state index contributed by atoms with van der Waals surface area (Å²) in [7, 11) is 0. The van der Waals surface area contributed by atoms with E-state index in [1.165, 1.54) is 4.57 Å². The number of unbranched alkanes of at least 4 members (excludes halogenated alkanes) is 1. The van der Waals surface area contributed by atoms with E-state index in [1.54, 1.807) is 25.1 Å². The zero-order chi connectivity index (χ0) is 21.7. The summed E-state index contributed by atoms with van der Waals surface area (Å²) < 4.78 is 12.4. The summed E-state index contributed by atoms with van der Waals surface area (Å²) in [5.74, 6) is 0.952. The van der Waals surface area contributed by atoms with E-state index in [0.29, 0.717) is 36.6 Å². The number of carbonyl (C=O) groups excluding carboxylic acids is 1. The van der Waals surface area contributed by atoms with E-state index in [2.05, 4.69) is 15.6 Å². The molecule has 1 aromatic heterocycles. The number of fused-ring (bicyclic) bond motifs is 1. The summed E-state index contributed by atoms with van der Waals surface area (Å²) in [6.45, 7) is 4.37. The third-order valence-corrected chi connectivity index (χ3v) is 4.66. The number of amides is 2. The minimum atomic E-state index is -0.796. The number of aromatic amines is 1. The van der Waals surface area contributed by atoms with Crippen LogP contribution in [0.2, 0.25) is 0 Å². The van der Waals surface area contributed by atoms with Crippen LogP contribution in [-0.2, 0) is 6.54 Å². The molecule has 158 valence electrons. The van der Waals surface area contributed by atoms with E-state index in [1.807, 2.05) is 13.0 Å². The van der Waals surface area contributed by atoms with E-state index in [9.17, 15) is 14.4 Å². The Balaban J connectivity index is 2.12. The van der Waals surface area contributed by atoms with Crippen molar-refractivity contribution in [1.29, 1.82) is 5.26 Å². The zero-order valence-corrected chi connectivity index (χ0v) is 16.8. The van der Waals surface area contributed by atoms with Gasteiger partial charge in [-0.1, -0.05) is 19.4 Å². The lowest BCUT2D eigenvalue weighted by Crippen LogP contribution is -2.46. The number of anilines is 1. The van der Waals surface area contributed by atoms with Gasteiger partial charge in [0.2, 0.25) is 0 Å². The van der Waals surface area contributed by atoms with Gasteiger partial charge in [-0.05, 0) is 31.0 Å². The summed E-state index contributed by atoms with van der Waals surface area (Å²) in [5.41, 5.74) is -0.338. The van der Waals surface area contributed by atoms with Gasteiger partial charge in [-0.2, -0.15) is 5.26 Å². The fourth-order valence-corrected chi connectivity index (χ4v) is 3.32. The number of urea groups is 1. The topological polar surface area (TPSA) is 138 Å². The molecule has 2 heterocycles. The van der Waals surface area contributed by atoms with Crippen LogP contribution in [-0.4, -0.2) is 28.8 Å². The van der Waals surface area contributed by atoms with Crippen LogP contribution in [0, 0.1) is 11.3 Å². The molecule has 0 saturated carbocycles. The number of carbonyl (C=O) groups is 1. The summed E-state index contributed by atoms with van der Waals surface area (Å²) in [6.07, 6.45) is 1.56. The standard InChI is InChI=1S/C20H23N5O5/c1-3-5-9-25-17-15(18(26)24-20(25)28)16(22-19(27)23-17)12-6-7-13(30-10-8-21)14(11-12)29-4-2/h6-7,11,16H,3-5,9-10H2,1-2H3,(H2,22,23,27)(H,24,26,28). The normalized spacial score (nSPS) is 14.8. The molecule has 0 aliphatic carbocycles. The molecule has 1 aliphatic heterocycles. The lowest BCUT2D eigenvalue weighted by atomic mass is 9.98. The maximum absolute atomic E-state index is 12.7. The van der Waals surface area contributed by atoms with Crippen LogP contribution >= 0.6 is 0 Å². The number of H-pyrrole nitrogens is 1. The number of rotatable bonds is 8. The second-order valence-electron chi connectivity index (χ2n) is 6.64. The molecule has 0 fully saturated rings. The molecule has 0 spiro atoms. The van der Waals surface area contributed by atoms with Crippen molar-refractivity contribution in [2.75, 3.05) is 18.5 Å². The number of hydrogen-bond acceptors (Lipinski definition) is 6. The average Bonchev–Trinajstić information content (AvgIpc) is 2.72. The number of nitrogens with one attached hydrogen (secondary N) is 3. The minimum Gasteiger partial charge on any atom is -0.490 e. The molecule has 30 heavy (non-hydrogen) atoms. The van der Waals surface area contributed by atoms with Gasteiger partial charge in [0.15, 0.2) is 18.1 Å². The van der Waals surface area contributed by atoms with E-state index in [4.69, 9.17) is 14.7 Å². The van der Waals surface area contributed by atoms with Gasteiger partial charge in [0.05, 0.1) is 18.2 Å². The molecule has 0 bridgehead atoms. The number of aromatic nitrogens is 2. The summed E-state index contributed by atoms with van der Waals surface area (Å²) in [5, 5.41) is 14.1. The van der Waals surface area contributed by atoms with Gasteiger partial charge in [-0.25, -0.2) is 9.59 Å². The average molecular weight is 413 g/mol. The molecule has 1 unspecified atom stereocenters. The fourth-order valence-electron chi connectivity index (χ4n) is 3.32. The Morgan fingerprint density at radius 3 is 2.67 bits per heavy atom. The fraction of sp³-hybridized carbons (Fsp3) is 0.400. The van der Waals surface area contributed by atoms with Crippen LogP contribution in [0.15, 0.2) is 27.8 Å². The molecule has 1 atom stereocenters. The summed E-state index contributed by atoms with van der Waals surface area (Å²) in [6, 6.07) is 5.52. The first-order chi connectivity index (χ1) is 14.5. The van der Waals surface area contributed by atoms with Crippen molar-refractivity contribution in [3.63, 3.8) is 0 Å². The van der Waals surface area contributed by atoms with Gasteiger partial charge in [-0.3, -0.25) is 19.7 Å². The Labute approximate surface area is 172 Å². The molecular formula is C20H23N5O5. The number of nitrogens with zero attached hydrogens (tertiary/aromatic N) is 2. The molecule has 2 amide bonds. The Hall–Kier alpha value is -3.74. The summed E-state index contributed by atoms with van der Waals surface area (Å²) >= 11 is 0. The second kappa shape index (κ2) is 9.17. The highest BCUT2D eigenvalue weighted by Gasteiger charge is 2.32. The molecule has 3 rings (SSSR count). The lowest BCUT2D eigenvalue weighted by Gasteiger charge is -2.29. The van der Waals surface area contributed by atoms with Gasteiger partial charge >= 0.3 is 11.7 Å². The van der Waals surface area contributed by atoms with Crippen molar-refractivity contribution in [3.8, 4) is 17.6 Å². The highest BCUT2D eigenvalue weighted by atomic mass is 16.5. The number of benzene rings is 1. The molecule has 2 aromatic rings. The van der Waals surface area contributed by atoms with Crippen molar-refractivity contribution in [2.24, 2.45) is 0 Å². The highest BCUT2D eigenvalue weighted by molar-refractivity contribution is 5.92. The van der Waals surface area contributed by atoms with Crippen LogP contribution in [0.5, 0.6) is 11.5 Å². The SMILES string of the molecule is CCCCn1c2c(c(=O)[nH]c1=O)C(c1ccc(OCC#N)c(OCC)c1)NC(=O)N2. The maximum Gasteiger partial charge on any atom is 0.329 e. The van der Waals surface area contributed by atoms with Gasteiger partial charge in [0, 0.05) is 6.54 Å². The maximum atomic E-state index is 12.7. The van der Waals surface area contributed by atoms with Crippen molar-refractivity contribution in [1.82, 2.24) is 14.9 Å². The van der Waals surface area contributed by atoms with Crippen LogP contribution in [0.1, 0.15) is 43.9 Å². The third kappa shape index (κ3) is 4.15. The van der Waals surface area contributed by atoms with Crippen molar-refractivity contribution in [3.05, 3.63) is 50.2 Å². The largest absolute Gasteiger partial charge is 0.490 e. The van der Waals surface area contributed by atoms with Crippen LogP contribution in [0.4, 0.5) is 10.6 Å². The monoisotopic (exact) mass is 413 g/mol. The van der Waals surface area contributed by atoms with Crippen molar-refractivity contribution < 1.29 is 14.3 Å². The van der Waals surface area contributed by atoms with Crippen molar-refractivity contribution in [2.45, 2.75) is 39.3 Å². The van der Waals surface area contributed by atoms with Gasteiger partial charge in [-0.15, -0.1) is 0 Å². The zero-order valence-electron chi connectivity index (χ0n) is 16.8. The van der Waals surface area contributed by atoms with E-state index >= 15 is 0 Å². The molecule has 10 nitrogen and oxygen atoms in total. The van der Waals surface area contributed by atoms with Gasteiger partial charge in [0.1, 0.15) is 11.9 Å². The molecular weight excluding hydrogens is 390 g/mol. The molecule has 1 aliphatic rings. The van der Waals surface area contributed by atoms with Crippen molar-refractivity contribution >= 4 is 11.8 Å². The van der Waals surface area contributed by atoms with E-state index in [0.717, 1.165) is 6.42 Å². The first-order valence-corrected chi connectivity index (χ1v) is 9.71. The molecule has 10 heteroatoms. The van der Waals surface area contributed by atoms with Gasteiger partial charge < -0.3 is 14.8 Å². The molecule has 0 radical (unpaired) electrons. The number of nitriles is 1. The molecule has 0 saturated heterocycles. The van der Waals surface area contributed by atoms with Crippen LogP contribution in [0.3, 0.4) is 0 Å². The predicted octanol–water partition coefficient (Wildman–Crippen LogP) is 1.86. The highest BCUT2D eigenvalue weighted by Crippen LogP contribution is 2.35. The lowest BCUT2D eigenvalue weighted by molar-refractivity contribution is 0.248. The predicted molar refractivity (Wildman–Crippen MR) is 109 cm³/mol. The third-order valence-electron chi connectivity index (χ3n) is 4.66. The summed E-state index contributed by atoms with van der Waals surface area (Å²) in [4.78, 5) is 39.7. The first-order valence-electron chi connectivity index (χ1n) is 9.71. The number of hydrogen-bond donors (Lipinski definition) is 3.